The van der Waals surface area contributed by atoms with Gasteiger partial charge in [0, 0.05) is 31.8 Å². The van der Waals surface area contributed by atoms with Gasteiger partial charge in [-0.15, -0.1) is 11.8 Å². The maximum atomic E-state index is 9.83. The first-order valence-corrected chi connectivity index (χ1v) is 9.83. The molecular formula is C21H25N3OS. The van der Waals surface area contributed by atoms with E-state index in [0.717, 1.165) is 46.1 Å². The summed E-state index contributed by atoms with van der Waals surface area (Å²) >= 11 is 1.67. The zero-order valence-electron chi connectivity index (χ0n) is 15.9. The SMILES string of the molecule is CN(C)c1nc(SCCc2ccccc2)c(C#N)c2c1COC(C)(C)C2. The standard InChI is InChI=1S/C21H25N3OS/c1-21(2)12-16-17(13-22)20(23-19(24(3)4)18(16)14-25-21)26-11-10-15-8-6-5-7-9-15/h5-9H,10-12,14H2,1-4H3. The number of nitrogens with zero attached hydrogens (tertiary/aromatic N) is 3. The lowest BCUT2D eigenvalue weighted by molar-refractivity contribution is -0.0401. The quantitative estimate of drug-likeness (QED) is 0.741. The van der Waals surface area contributed by atoms with Crippen LogP contribution in [0.4, 0.5) is 5.82 Å². The molecule has 0 fully saturated rings. The van der Waals surface area contributed by atoms with Crippen LogP contribution in [0, 0.1) is 11.3 Å². The van der Waals surface area contributed by atoms with Crippen molar-refractivity contribution in [1.82, 2.24) is 4.98 Å². The second-order valence-corrected chi connectivity index (χ2v) is 8.47. The van der Waals surface area contributed by atoms with Gasteiger partial charge in [-0.25, -0.2) is 4.98 Å². The predicted molar refractivity (Wildman–Crippen MR) is 107 cm³/mol. The van der Waals surface area contributed by atoms with E-state index in [0.29, 0.717) is 6.61 Å². The van der Waals surface area contributed by atoms with Gasteiger partial charge in [0.05, 0.1) is 17.8 Å². The predicted octanol–water partition coefficient (Wildman–Crippen LogP) is 4.21. The summed E-state index contributed by atoms with van der Waals surface area (Å²) < 4.78 is 5.98. The molecule has 0 spiro atoms. The van der Waals surface area contributed by atoms with Crippen molar-refractivity contribution in [1.29, 1.82) is 5.26 Å². The molecule has 1 aromatic heterocycles. The number of aryl methyl sites for hydroxylation is 1. The minimum absolute atomic E-state index is 0.254. The normalized spacial score (nSPS) is 15.2. The van der Waals surface area contributed by atoms with E-state index in [9.17, 15) is 5.26 Å². The molecule has 3 rings (SSSR count). The van der Waals surface area contributed by atoms with E-state index in [1.165, 1.54) is 5.56 Å². The molecule has 4 nitrogen and oxygen atoms in total. The molecule has 0 saturated heterocycles. The lowest BCUT2D eigenvalue weighted by Gasteiger charge is -2.34. The highest BCUT2D eigenvalue weighted by Gasteiger charge is 2.32. The van der Waals surface area contributed by atoms with E-state index in [1.54, 1.807) is 11.8 Å². The van der Waals surface area contributed by atoms with E-state index >= 15 is 0 Å². The monoisotopic (exact) mass is 367 g/mol. The van der Waals surface area contributed by atoms with Gasteiger partial charge in [-0.3, -0.25) is 0 Å². The van der Waals surface area contributed by atoms with Gasteiger partial charge in [0.15, 0.2) is 0 Å². The van der Waals surface area contributed by atoms with Gasteiger partial charge in [-0.1, -0.05) is 30.3 Å². The molecule has 26 heavy (non-hydrogen) atoms. The maximum absolute atomic E-state index is 9.83. The zero-order valence-corrected chi connectivity index (χ0v) is 16.7. The second kappa shape index (κ2) is 7.69. The number of hydrogen-bond donors (Lipinski definition) is 0. The fourth-order valence-electron chi connectivity index (χ4n) is 3.23. The van der Waals surface area contributed by atoms with E-state index in [4.69, 9.17) is 9.72 Å². The summed E-state index contributed by atoms with van der Waals surface area (Å²) in [6, 6.07) is 12.8. The van der Waals surface area contributed by atoms with Gasteiger partial charge in [0.25, 0.3) is 0 Å². The number of rotatable bonds is 5. The number of anilines is 1. The van der Waals surface area contributed by atoms with Crippen molar-refractivity contribution in [3.05, 3.63) is 52.6 Å². The Kier molecular flexibility index (Phi) is 5.55. The molecule has 1 aliphatic heterocycles. The summed E-state index contributed by atoms with van der Waals surface area (Å²) in [5, 5.41) is 10.7. The summed E-state index contributed by atoms with van der Waals surface area (Å²) in [6.07, 6.45) is 1.70. The number of fused-ring (bicyclic) bond motifs is 1. The third-order valence-electron chi connectivity index (χ3n) is 4.57. The van der Waals surface area contributed by atoms with Crippen molar-refractivity contribution >= 4 is 17.6 Å². The van der Waals surface area contributed by atoms with Crippen LogP contribution in [-0.4, -0.2) is 30.4 Å². The van der Waals surface area contributed by atoms with Gasteiger partial charge in [0.2, 0.25) is 0 Å². The van der Waals surface area contributed by atoms with E-state index in [2.05, 4.69) is 44.2 Å². The lowest BCUT2D eigenvalue weighted by Crippen LogP contribution is -2.34. The van der Waals surface area contributed by atoms with Crippen LogP contribution < -0.4 is 4.90 Å². The molecule has 0 N–H and O–H groups in total. The topological polar surface area (TPSA) is 49.2 Å². The van der Waals surface area contributed by atoms with Crippen LogP contribution in [0.5, 0.6) is 0 Å². The van der Waals surface area contributed by atoms with Gasteiger partial charge >= 0.3 is 0 Å². The highest BCUT2D eigenvalue weighted by Crippen LogP contribution is 2.38. The first kappa shape index (κ1) is 18.8. The van der Waals surface area contributed by atoms with Gasteiger partial charge in [0.1, 0.15) is 16.9 Å². The molecule has 0 amide bonds. The Bertz CT molecular complexity index is 825. The maximum Gasteiger partial charge on any atom is 0.135 e. The summed E-state index contributed by atoms with van der Waals surface area (Å²) in [7, 11) is 3.99. The van der Waals surface area contributed by atoms with Gasteiger partial charge in [-0.05, 0) is 31.4 Å². The van der Waals surface area contributed by atoms with Crippen LogP contribution in [0.2, 0.25) is 0 Å². The van der Waals surface area contributed by atoms with Gasteiger partial charge < -0.3 is 9.64 Å². The van der Waals surface area contributed by atoms with Crippen LogP contribution in [0.15, 0.2) is 35.4 Å². The Morgan fingerprint density at radius 3 is 2.62 bits per heavy atom. The largest absolute Gasteiger partial charge is 0.370 e. The van der Waals surface area contributed by atoms with Crippen molar-refractivity contribution in [2.75, 3.05) is 24.7 Å². The Morgan fingerprint density at radius 2 is 1.96 bits per heavy atom. The van der Waals surface area contributed by atoms with Crippen LogP contribution in [0.1, 0.15) is 36.1 Å². The lowest BCUT2D eigenvalue weighted by atomic mass is 9.89. The minimum Gasteiger partial charge on any atom is -0.370 e. The average molecular weight is 368 g/mol. The second-order valence-electron chi connectivity index (χ2n) is 7.39. The molecule has 1 aromatic carbocycles. The summed E-state index contributed by atoms with van der Waals surface area (Å²) in [6.45, 7) is 4.66. The number of hydrogen-bond acceptors (Lipinski definition) is 5. The fraction of sp³-hybridized carbons (Fsp3) is 0.429. The molecule has 5 heteroatoms. The number of benzene rings is 1. The van der Waals surface area contributed by atoms with Gasteiger partial charge in [-0.2, -0.15) is 5.26 Å². The van der Waals surface area contributed by atoms with E-state index in [-0.39, 0.29) is 5.60 Å². The average Bonchev–Trinajstić information content (AvgIpc) is 2.61. The molecule has 2 aromatic rings. The molecule has 0 saturated carbocycles. The summed E-state index contributed by atoms with van der Waals surface area (Å²) in [5.74, 6) is 1.81. The van der Waals surface area contributed by atoms with E-state index in [1.807, 2.05) is 25.1 Å². The molecule has 0 atom stereocenters. The molecule has 1 aliphatic rings. The molecule has 0 aliphatic carbocycles. The molecule has 0 bridgehead atoms. The third-order valence-corrected chi connectivity index (χ3v) is 5.55. The van der Waals surface area contributed by atoms with Crippen molar-refractivity contribution in [3.63, 3.8) is 0 Å². The van der Waals surface area contributed by atoms with Crippen molar-refractivity contribution in [2.45, 2.75) is 43.9 Å². The Balaban J connectivity index is 1.92. The first-order chi connectivity index (χ1) is 12.4. The Hall–Kier alpha value is -2.03. The molecule has 2 heterocycles. The number of thioether (sulfide) groups is 1. The molecular weight excluding hydrogens is 342 g/mol. The Labute approximate surface area is 160 Å². The van der Waals surface area contributed by atoms with Crippen LogP contribution >= 0.6 is 11.8 Å². The number of ether oxygens (including phenoxy) is 1. The smallest absolute Gasteiger partial charge is 0.135 e. The van der Waals surface area contributed by atoms with Crippen LogP contribution in [0.3, 0.4) is 0 Å². The molecule has 0 radical (unpaired) electrons. The summed E-state index contributed by atoms with van der Waals surface area (Å²) in [4.78, 5) is 6.84. The first-order valence-electron chi connectivity index (χ1n) is 8.85. The number of pyridine rings is 1. The Morgan fingerprint density at radius 1 is 1.23 bits per heavy atom. The number of nitriles is 1. The van der Waals surface area contributed by atoms with Crippen molar-refractivity contribution in [2.24, 2.45) is 0 Å². The third kappa shape index (κ3) is 4.03. The van der Waals surface area contributed by atoms with Crippen LogP contribution in [-0.2, 0) is 24.2 Å². The van der Waals surface area contributed by atoms with Crippen molar-refractivity contribution in [3.8, 4) is 6.07 Å². The molecule has 0 unspecified atom stereocenters. The fourth-order valence-corrected chi connectivity index (χ4v) is 4.22. The highest BCUT2D eigenvalue weighted by molar-refractivity contribution is 7.99. The summed E-state index contributed by atoms with van der Waals surface area (Å²) in [5.41, 5.74) is 3.93. The van der Waals surface area contributed by atoms with Crippen molar-refractivity contribution < 1.29 is 4.74 Å². The molecule has 136 valence electrons. The van der Waals surface area contributed by atoms with Crippen LogP contribution in [0.25, 0.3) is 0 Å². The highest BCUT2D eigenvalue weighted by atomic mass is 32.2. The number of aromatic nitrogens is 1. The zero-order chi connectivity index (χ0) is 18.7. The van der Waals surface area contributed by atoms with E-state index < -0.39 is 0 Å². The minimum atomic E-state index is -0.254.